The minimum Gasteiger partial charge on any atom is -0.478 e. The summed E-state index contributed by atoms with van der Waals surface area (Å²) in [5.74, 6) is -0.986. The van der Waals surface area contributed by atoms with Crippen molar-refractivity contribution in [2.45, 2.75) is 26.3 Å². The molecule has 0 atom stereocenters. The Morgan fingerprint density at radius 2 is 2.00 bits per heavy atom. The lowest BCUT2D eigenvalue weighted by atomic mass is 10.1. The first-order chi connectivity index (χ1) is 9.25. The fraction of sp³-hybridized carbons (Fsp3) is 0.429. The largest absolute Gasteiger partial charge is 0.478 e. The van der Waals surface area contributed by atoms with Crippen LogP contribution in [0.3, 0.4) is 0 Å². The van der Waals surface area contributed by atoms with Crippen molar-refractivity contribution in [1.29, 1.82) is 0 Å². The SMILES string of the molecule is COCC(C)(C)NC(=O)Nc1ccc(C(=O)O)c(C)c1. The lowest BCUT2D eigenvalue weighted by molar-refractivity contribution is 0.0696. The predicted molar refractivity (Wildman–Crippen MR) is 76.2 cm³/mol. The Balaban J connectivity index is 2.72. The molecule has 0 heterocycles. The number of nitrogens with one attached hydrogen (secondary N) is 2. The molecule has 110 valence electrons. The lowest BCUT2D eigenvalue weighted by Gasteiger charge is -2.25. The number of urea groups is 1. The molecule has 6 heteroatoms. The highest BCUT2D eigenvalue weighted by atomic mass is 16.5. The number of anilines is 1. The molecule has 1 rings (SSSR count). The van der Waals surface area contributed by atoms with Crippen LogP contribution < -0.4 is 10.6 Å². The van der Waals surface area contributed by atoms with Gasteiger partial charge in [0, 0.05) is 12.8 Å². The maximum atomic E-state index is 11.8. The summed E-state index contributed by atoms with van der Waals surface area (Å²) in [6.45, 7) is 5.75. The van der Waals surface area contributed by atoms with Gasteiger partial charge in [-0.15, -0.1) is 0 Å². The molecular weight excluding hydrogens is 260 g/mol. The highest BCUT2D eigenvalue weighted by Crippen LogP contribution is 2.15. The van der Waals surface area contributed by atoms with E-state index in [1.165, 1.54) is 6.07 Å². The van der Waals surface area contributed by atoms with Crippen LogP contribution in [-0.2, 0) is 4.74 Å². The molecule has 0 aliphatic rings. The third kappa shape index (κ3) is 4.55. The van der Waals surface area contributed by atoms with Crippen molar-refractivity contribution in [3.63, 3.8) is 0 Å². The monoisotopic (exact) mass is 280 g/mol. The van der Waals surface area contributed by atoms with Gasteiger partial charge in [-0.05, 0) is 44.5 Å². The van der Waals surface area contributed by atoms with E-state index in [-0.39, 0.29) is 11.6 Å². The second-order valence-corrected chi connectivity index (χ2v) is 5.23. The second-order valence-electron chi connectivity index (χ2n) is 5.23. The number of rotatable bonds is 5. The van der Waals surface area contributed by atoms with Crippen molar-refractivity contribution in [3.8, 4) is 0 Å². The molecule has 0 fully saturated rings. The van der Waals surface area contributed by atoms with Gasteiger partial charge < -0.3 is 20.5 Å². The summed E-state index contributed by atoms with van der Waals surface area (Å²) in [4.78, 5) is 22.7. The van der Waals surface area contributed by atoms with Gasteiger partial charge in [-0.1, -0.05) is 0 Å². The number of aryl methyl sites for hydroxylation is 1. The average Bonchev–Trinajstić information content (AvgIpc) is 2.26. The Bertz CT molecular complexity index is 512. The minimum absolute atomic E-state index is 0.218. The number of benzene rings is 1. The van der Waals surface area contributed by atoms with E-state index >= 15 is 0 Å². The normalized spacial score (nSPS) is 11.0. The summed E-state index contributed by atoms with van der Waals surface area (Å²) in [6.07, 6.45) is 0. The van der Waals surface area contributed by atoms with Crippen molar-refractivity contribution < 1.29 is 19.4 Å². The number of methoxy groups -OCH3 is 1. The maximum Gasteiger partial charge on any atom is 0.335 e. The molecule has 0 aliphatic heterocycles. The number of carboxylic acids is 1. The van der Waals surface area contributed by atoms with Gasteiger partial charge in [-0.3, -0.25) is 0 Å². The summed E-state index contributed by atoms with van der Waals surface area (Å²) in [6, 6.07) is 4.27. The van der Waals surface area contributed by atoms with Crippen LogP contribution in [0.4, 0.5) is 10.5 Å². The Hall–Kier alpha value is -2.08. The maximum absolute atomic E-state index is 11.8. The molecule has 3 N–H and O–H groups in total. The lowest BCUT2D eigenvalue weighted by Crippen LogP contribution is -2.48. The summed E-state index contributed by atoms with van der Waals surface area (Å²) >= 11 is 0. The summed E-state index contributed by atoms with van der Waals surface area (Å²) < 4.78 is 5.01. The first-order valence-electron chi connectivity index (χ1n) is 6.17. The molecule has 0 saturated heterocycles. The zero-order chi connectivity index (χ0) is 15.3. The van der Waals surface area contributed by atoms with E-state index in [0.29, 0.717) is 17.9 Å². The zero-order valence-corrected chi connectivity index (χ0v) is 12.1. The molecule has 0 aromatic heterocycles. The summed E-state index contributed by atoms with van der Waals surface area (Å²) in [5.41, 5.74) is 0.856. The molecule has 20 heavy (non-hydrogen) atoms. The molecule has 0 bridgehead atoms. The van der Waals surface area contributed by atoms with Gasteiger partial charge in [0.25, 0.3) is 0 Å². The molecule has 0 radical (unpaired) electrons. The van der Waals surface area contributed by atoms with E-state index in [1.807, 2.05) is 13.8 Å². The second kappa shape index (κ2) is 6.38. The highest BCUT2D eigenvalue weighted by Gasteiger charge is 2.20. The van der Waals surface area contributed by atoms with Crippen LogP contribution in [0.2, 0.25) is 0 Å². The first kappa shape index (κ1) is 16.0. The molecule has 0 saturated carbocycles. The number of aromatic carboxylic acids is 1. The van der Waals surface area contributed by atoms with Crippen molar-refractivity contribution in [2.24, 2.45) is 0 Å². The molecule has 1 aromatic rings. The third-order valence-electron chi connectivity index (χ3n) is 2.67. The number of ether oxygens (including phenoxy) is 1. The quantitative estimate of drug-likeness (QED) is 0.772. The third-order valence-corrected chi connectivity index (χ3v) is 2.67. The Kier molecular flexibility index (Phi) is 5.10. The van der Waals surface area contributed by atoms with E-state index in [9.17, 15) is 9.59 Å². The van der Waals surface area contributed by atoms with Crippen LogP contribution in [0.5, 0.6) is 0 Å². The highest BCUT2D eigenvalue weighted by molar-refractivity contribution is 5.93. The van der Waals surface area contributed by atoms with E-state index in [1.54, 1.807) is 26.2 Å². The number of amides is 2. The van der Waals surface area contributed by atoms with Gasteiger partial charge in [0.05, 0.1) is 17.7 Å². The fourth-order valence-electron chi connectivity index (χ4n) is 1.85. The smallest absolute Gasteiger partial charge is 0.335 e. The van der Waals surface area contributed by atoms with Gasteiger partial charge in [0.2, 0.25) is 0 Å². The van der Waals surface area contributed by atoms with Gasteiger partial charge in [0.1, 0.15) is 0 Å². The zero-order valence-electron chi connectivity index (χ0n) is 12.1. The van der Waals surface area contributed by atoms with Crippen LogP contribution in [-0.4, -0.2) is 36.4 Å². The Morgan fingerprint density at radius 1 is 1.35 bits per heavy atom. The number of hydrogen-bond donors (Lipinski definition) is 3. The molecule has 2 amide bonds. The standard InChI is InChI=1S/C14H20N2O4/c1-9-7-10(5-6-11(9)12(17)18)15-13(19)16-14(2,3)8-20-4/h5-7H,8H2,1-4H3,(H,17,18)(H2,15,16,19). The number of carbonyl (C=O) groups excluding carboxylic acids is 1. The molecule has 0 spiro atoms. The van der Waals surface area contributed by atoms with Crippen molar-refractivity contribution in [3.05, 3.63) is 29.3 Å². The van der Waals surface area contributed by atoms with Gasteiger partial charge in [-0.2, -0.15) is 0 Å². The number of hydrogen-bond acceptors (Lipinski definition) is 3. The number of carboxylic acid groups (broad SMARTS) is 1. The van der Waals surface area contributed by atoms with Crippen molar-refractivity contribution in [1.82, 2.24) is 5.32 Å². The molecule has 0 aliphatic carbocycles. The van der Waals surface area contributed by atoms with Gasteiger partial charge in [-0.25, -0.2) is 9.59 Å². The van der Waals surface area contributed by atoms with Crippen LogP contribution in [0, 0.1) is 6.92 Å². The van der Waals surface area contributed by atoms with Gasteiger partial charge >= 0.3 is 12.0 Å². The van der Waals surface area contributed by atoms with Crippen LogP contribution in [0.1, 0.15) is 29.8 Å². The van der Waals surface area contributed by atoms with Crippen molar-refractivity contribution >= 4 is 17.7 Å². The predicted octanol–water partition coefficient (Wildman–Crippen LogP) is 2.24. The molecule has 1 aromatic carbocycles. The van der Waals surface area contributed by atoms with Gasteiger partial charge in [0.15, 0.2) is 0 Å². The Morgan fingerprint density at radius 3 is 2.50 bits per heavy atom. The summed E-state index contributed by atoms with van der Waals surface area (Å²) in [5, 5.41) is 14.4. The van der Waals surface area contributed by atoms with E-state index in [0.717, 1.165) is 0 Å². The summed E-state index contributed by atoms with van der Waals surface area (Å²) in [7, 11) is 1.56. The van der Waals surface area contributed by atoms with Crippen LogP contribution in [0.15, 0.2) is 18.2 Å². The van der Waals surface area contributed by atoms with Crippen LogP contribution >= 0.6 is 0 Å². The average molecular weight is 280 g/mol. The number of carbonyl (C=O) groups is 2. The van der Waals surface area contributed by atoms with Crippen LogP contribution in [0.25, 0.3) is 0 Å². The van der Waals surface area contributed by atoms with Crippen molar-refractivity contribution in [2.75, 3.05) is 19.0 Å². The minimum atomic E-state index is -0.986. The topological polar surface area (TPSA) is 87.7 Å². The van der Waals surface area contributed by atoms with E-state index in [2.05, 4.69) is 10.6 Å². The molecular formula is C14H20N2O4. The van der Waals surface area contributed by atoms with E-state index in [4.69, 9.17) is 9.84 Å². The fourth-order valence-corrected chi connectivity index (χ4v) is 1.85. The van der Waals surface area contributed by atoms with E-state index < -0.39 is 11.5 Å². The molecule has 0 unspecified atom stereocenters. The Labute approximate surface area is 118 Å². The first-order valence-corrected chi connectivity index (χ1v) is 6.17. The molecule has 6 nitrogen and oxygen atoms in total.